The van der Waals surface area contributed by atoms with Gasteiger partial charge in [-0.2, -0.15) is 0 Å². The second-order valence-corrected chi connectivity index (χ2v) is 10.8. The number of aliphatic hydroxyl groups excluding tert-OH is 1. The van der Waals surface area contributed by atoms with E-state index in [1.165, 1.54) is 23.1 Å². The molecule has 7 nitrogen and oxygen atoms in total. The summed E-state index contributed by atoms with van der Waals surface area (Å²) in [5.74, 6) is -1.07. The number of hydrogen-bond donors (Lipinski definition) is 1. The topological polar surface area (TPSA) is 89.0 Å². The molecule has 0 spiro atoms. The number of anilines is 1. The first-order valence-electron chi connectivity index (χ1n) is 13.7. The summed E-state index contributed by atoms with van der Waals surface area (Å²) in [6.07, 6.45) is 3.96. The van der Waals surface area contributed by atoms with E-state index in [1.807, 2.05) is 6.92 Å². The van der Waals surface area contributed by atoms with E-state index in [-0.39, 0.29) is 16.5 Å². The SMILES string of the molecule is CCCCCOc1ccc(C2C(=C(O)c3ccc(OCCC)cc3)C(=O)C(=O)N2c2nc3ccc(F)cc3s2)cc1. The Labute approximate surface area is 241 Å². The molecule has 1 aliphatic rings. The number of fused-ring (bicyclic) bond motifs is 1. The first-order chi connectivity index (χ1) is 19.9. The van der Waals surface area contributed by atoms with Crippen LogP contribution >= 0.6 is 11.3 Å². The lowest BCUT2D eigenvalue weighted by Crippen LogP contribution is -2.29. The van der Waals surface area contributed by atoms with Crippen molar-refractivity contribution in [1.82, 2.24) is 4.98 Å². The van der Waals surface area contributed by atoms with E-state index in [9.17, 15) is 19.1 Å². The molecule has 212 valence electrons. The number of aromatic nitrogens is 1. The first kappa shape index (κ1) is 28.3. The Bertz CT molecular complexity index is 1580. The van der Waals surface area contributed by atoms with Crippen molar-refractivity contribution in [1.29, 1.82) is 0 Å². The zero-order chi connectivity index (χ0) is 28.9. The third-order valence-electron chi connectivity index (χ3n) is 6.80. The van der Waals surface area contributed by atoms with Crippen molar-refractivity contribution >= 4 is 44.1 Å². The van der Waals surface area contributed by atoms with Crippen LogP contribution in [-0.4, -0.2) is 35.0 Å². The Morgan fingerprint density at radius 1 is 0.927 bits per heavy atom. The van der Waals surface area contributed by atoms with E-state index >= 15 is 0 Å². The maximum Gasteiger partial charge on any atom is 0.301 e. The number of Topliss-reactive ketones (excluding diaryl/α,β-unsaturated/α-hetero) is 1. The zero-order valence-corrected chi connectivity index (χ0v) is 23.7. The molecule has 9 heteroatoms. The Morgan fingerprint density at radius 2 is 1.61 bits per heavy atom. The zero-order valence-electron chi connectivity index (χ0n) is 22.9. The molecular formula is C32H31FN2O5S. The third-order valence-corrected chi connectivity index (χ3v) is 7.82. The van der Waals surface area contributed by atoms with Gasteiger partial charge in [-0.25, -0.2) is 9.37 Å². The van der Waals surface area contributed by atoms with Crippen LogP contribution in [0.3, 0.4) is 0 Å². The van der Waals surface area contributed by atoms with Crippen LogP contribution in [0.1, 0.15) is 56.7 Å². The van der Waals surface area contributed by atoms with Crippen LogP contribution in [0, 0.1) is 5.82 Å². The van der Waals surface area contributed by atoms with Crippen LogP contribution in [0.4, 0.5) is 9.52 Å². The van der Waals surface area contributed by atoms with Gasteiger partial charge in [0.15, 0.2) is 5.13 Å². The maximum absolute atomic E-state index is 13.9. The van der Waals surface area contributed by atoms with Gasteiger partial charge in [-0.05, 0) is 73.0 Å². The Morgan fingerprint density at radius 3 is 2.29 bits per heavy atom. The number of ether oxygens (including phenoxy) is 2. The molecule has 1 atom stereocenters. The van der Waals surface area contributed by atoms with E-state index < -0.39 is 23.5 Å². The number of halogens is 1. The highest BCUT2D eigenvalue weighted by Gasteiger charge is 2.48. The second-order valence-electron chi connectivity index (χ2n) is 9.78. The summed E-state index contributed by atoms with van der Waals surface area (Å²) in [5.41, 5.74) is 1.42. The summed E-state index contributed by atoms with van der Waals surface area (Å²) in [6, 6.07) is 17.1. The van der Waals surface area contributed by atoms with Crippen LogP contribution in [0.15, 0.2) is 72.3 Å². The minimum absolute atomic E-state index is 0.0562. The van der Waals surface area contributed by atoms with Gasteiger partial charge in [0.25, 0.3) is 5.78 Å². The summed E-state index contributed by atoms with van der Waals surface area (Å²) in [4.78, 5) is 32.8. The summed E-state index contributed by atoms with van der Waals surface area (Å²) in [7, 11) is 0. The molecule has 0 aliphatic carbocycles. The van der Waals surface area contributed by atoms with Gasteiger partial charge >= 0.3 is 5.91 Å². The number of aliphatic hydroxyl groups is 1. The molecule has 1 aliphatic heterocycles. The number of rotatable bonds is 11. The summed E-state index contributed by atoms with van der Waals surface area (Å²) < 4.78 is 25.9. The first-order valence-corrected chi connectivity index (χ1v) is 14.6. The predicted molar refractivity (Wildman–Crippen MR) is 158 cm³/mol. The number of ketones is 1. The number of nitrogens with zero attached hydrogens (tertiary/aromatic N) is 2. The summed E-state index contributed by atoms with van der Waals surface area (Å²) in [6.45, 7) is 5.28. The second kappa shape index (κ2) is 12.5. The fourth-order valence-electron chi connectivity index (χ4n) is 4.71. The largest absolute Gasteiger partial charge is 0.507 e. The van der Waals surface area contributed by atoms with Crippen LogP contribution < -0.4 is 14.4 Å². The average molecular weight is 575 g/mol. The normalized spacial score (nSPS) is 16.5. The Balaban J connectivity index is 1.57. The van der Waals surface area contributed by atoms with Crippen molar-refractivity contribution in [3.05, 3.63) is 89.2 Å². The van der Waals surface area contributed by atoms with Crippen molar-refractivity contribution < 1.29 is 28.6 Å². The van der Waals surface area contributed by atoms with Crippen molar-refractivity contribution in [2.75, 3.05) is 18.1 Å². The van der Waals surface area contributed by atoms with Crippen LogP contribution in [0.25, 0.3) is 16.0 Å². The predicted octanol–water partition coefficient (Wildman–Crippen LogP) is 7.42. The molecule has 1 saturated heterocycles. The van der Waals surface area contributed by atoms with Gasteiger partial charge in [0.2, 0.25) is 0 Å². The van der Waals surface area contributed by atoms with E-state index in [0.717, 1.165) is 37.0 Å². The fraction of sp³-hybridized carbons (Fsp3) is 0.281. The minimum atomic E-state index is -0.953. The maximum atomic E-state index is 13.9. The van der Waals surface area contributed by atoms with E-state index in [4.69, 9.17) is 9.47 Å². The van der Waals surface area contributed by atoms with Gasteiger partial charge in [0.05, 0.1) is 35.0 Å². The molecule has 0 radical (unpaired) electrons. The Hall–Kier alpha value is -4.24. The van der Waals surface area contributed by atoms with Crippen molar-refractivity contribution in [2.45, 2.75) is 45.6 Å². The van der Waals surface area contributed by atoms with E-state index in [2.05, 4.69) is 11.9 Å². The highest BCUT2D eigenvalue weighted by molar-refractivity contribution is 7.22. The molecule has 0 saturated carbocycles. The number of carbonyl (C=O) groups excluding carboxylic acids is 2. The van der Waals surface area contributed by atoms with Crippen LogP contribution in [0.5, 0.6) is 11.5 Å². The van der Waals surface area contributed by atoms with Gasteiger partial charge in [0.1, 0.15) is 23.1 Å². The molecule has 3 aromatic carbocycles. The lowest BCUT2D eigenvalue weighted by atomic mass is 9.95. The molecule has 41 heavy (non-hydrogen) atoms. The van der Waals surface area contributed by atoms with E-state index in [0.29, 0.717) is 46.1 Å². The lowest BCUT2D eigenvalue weighted by molar-refractivity contribution is -0.132. The van der Waals surface area contributed by atoms with Crippen LogP contribution in [0.2, 0.25) is 0 Å². The standard InChI is InChI=1S/C32H31FN2O5S/c1-3-5-6-18-40-24-12-7-20(8-13-24)28-27(29(36)21-9-14-23(15-10-21)39-17-4-2)30(37)31(38)35(28)32-34-25-16-11-22(33)19-26(25)41-32/h7-16,19,28,36H,3-6,17-18H2,1-2H3. The monoisotopic (exact) mass is 574 g/mol. The smallest absolute Gasteiger partial charge is 0.301 e. The number of carbonyl (C=O) groups is 2. The molecule has 1 N–H and O–H groups in total. The lowest BCUT2D eigenvalue weighted by Gasteiger charge is -2.23. The minimum Gasteiger partial charge on any atom is -0.507 e. The van der Waals surface area contributed by atoms with Crippen LogP contribution in [-0.2, 0) is 9.59 Å². The molecule has 0 bridgehead atoms. The number of unbranched alkanes of at least 4 members (excludes halogenated alkanes) is 2. The summed E-state index contributed by atoms with van der Waals surface area (Å²) >= 11 is 1.11. The molecule has 5 rings (SSSR count). The number of hydrogen-bond acceptors (Lipinski definition) is 7. The van der Waals surface area contributed by atoms with Gasteiger partial charge in [0, 0.05) is 5.56 Å². The molecule has 1 unspecified atom stereocenters. The number of benzene rings is 3. The number of thiazole rings is 1. The highest BCUT2D eigenvalue weighted by atomic mass is 32.1. The Kier molecular flexibility index (Phi) is 8.64. The quantitative estimate of drug-likeness (QED) is 0.0868. The molecular weight excluding hydrogens is 543 g/mol. The summed E-state index contributed by atoms with van der Waals surface area (Å²) in [5, 5.41) is 11.7. The van der Waals surface area contributed by atoms with Crippen molar-refractivity contribution in [3.8, 4) is 11.5 Å². The third kappa shape index (κ3) is 5.95. The van der Waals surface area contributed by atoms with E-state index in [1.54, 1.807) is 48.5 Å². The van der Waals surface area contributed by atoms with Gasteiger partial charge < -0.3 is 14.6 Å². The van der Waals surface area contributed by atoms with Gasteiger partial charge in [-0.3, -0.25) is 14.5 Å². The van der Waals surface area contributed by atoms with Crippen molar-refractivity contribution in [2.24, 2.45) is 0 Å². The van der Waals surface area contributed by atoms with Gasteiger partial charge in [-0.1, -0.05) is 50.2 Å². The molecule has 1 aromatic heterocycles. The van der Waals surface area contributed by atoms with Gasteiger partial charge in [-0.15, -0.1) is 0 Å². The average Bonchev–Trinajstić information content (AvgIpc) is 3.51. The highest BCUT2D eigenvalue weighted by Crippen LogP contribution is 2.44. The molecule has 4 aromatic rings. The molecule has 1 amide bonds. The molecule has 1 fully saturated rings. The molecule has 2 heterocycles. The van der Waals surface area contributed by atoms with Crippen molar-refractivity contribution in [3.63, 3.8) is 0 Å². The fourth-order valence-corrected chi connectivity index (χ4v) is 5.72. The number of amides is 1.